The summed E-state index contributed by atoms with van der Waals surface area (Å²) in [4.78, 5) is 34.3. The van der Waals surface area contributed by atoms with Crippen molar-refractivity contribution in [3.63, 3.8) is 0 Å². The van der Waals surface area contributed by atoms with Gasteiger partial charge in [-0.15, -0.1) is 0 Å². The maximum absolute atomic E-state index is 11.7. The van der Waals surface area contributed by atoms with Crippen LogP contribution in [-0.4, -0.2) is 40.9 Å². The van der Waals surface area contributed by atoms with Crippen LogP contribution in [-0.2, 0) is 19.1 Å². The monoisotopic (exact) mass is 317 g/mol. The molecule has 22 heavy (non-hydrogen) atoms. The molecule has 0 aliphatic carbocycles. The molecule has 0 saturated heterocycles. The highest BCUT2D eigenvalue weighted by Crippen LogP contribution is 2.11. The van der Waals surface area contributed by atoms with Crippen LogP contribution in [0.2, 0.25) is 0 Å². The summed E-state index contributed by atoms with van der Waals surface area (Å²) in [5.74, 6) is -1.75. The number of hydrogen-bond acceptors (Lipinski definition) is 5. The van der Waals surface area contributed by atoms with Crippen LogP contribution in [0.3, 0.4) is 0 Å². The van der Waals surface area contributed by atoms with Gasteiger partial charge in [-0.1, -0.05) is 13.8 Å². The average molecular weight is 317 g/mol. The third-order valence-electron chi connectivity index (χ3n) is 2.47. The van der Waals surface area contributed by atoms with E-state index in [0.717, 1.165) is 0 Å². The van der Waals surface area contributed by atoms with Crippen LogP contribution in [0.4, 0.5) is 4.79 Å². The Morgan fingerprint density at radius 1 is 1.14 bits per heavy atom. The van der Waals surface area contributed by atoms with E-state index in [1.165, 1.54) is 0 Å². The van der Waals surface area contributed by atoms with Crippen LogP contribution >= 0.6 is 0 Å². The lowest BCUT2D eigenvalue weighted by Crippen LogP contribution is -2.39. The van der Waals surface area contributed by atoms with Crippen molar-refractivity contribution >= 4 is 18.0 Å². The van der Waals surface area contributed by atoms with Gasteiger partial charge >= 0.3 is 18.0 Å². The summed E-state index contributed by atoms with van der Waals surface area (Å²) in [5, 5.41) is 11.5. The maximum atomic E-state index is 11.7. The summed E-state index contributed by atoms with van der Waals surface area (Å²) < 4.78 is 10.0. The van der Waals surface area contributed by atoms with Gasteiger partial charge in [0.1, 0.15) is 5.60 Å². The van der Waals surface area contributed by atoms with Crippen molar-refractivity contribution in [3.05, 3.63) is 0 Å². The molecular formula is C15H27NO6. The third-order valence-corrected chi connectivity index (χ3v) is 2.47. The van der Waals surface area contributed by atoms with E-state index in [1.807, 2.05) is 13.8 Å². The maximum Gasteiger partial charge on any atom is 0.407 e. The zero-order valence-corrected chi connectivity index (χ0v) is 14.1. The van der Waals surface area contributed by atoms with Gasteiger partial charge in [-0.3, -0.25) is 4.79 Å². The molecule has 0 aromatic rings. The van der Waals surface area contributed by atoms with Gasteiger partial charge in [-0.25, -0.2) is 9.59 Å². The smallest absolute Gasteiger partial charge is 0.407 e. The summed E-state index contributed by atoms with van der Waals surface area (Å²) in [6.07, 6.45) is -1.68. The summed E-state index contributed by atoms with van der Waals surface area (Å²) in [6, 6.07) is -0.518. The van der Waals surface area contributed by atoms with E-state index in [-0.39, 0.29) is 18.8 Å². The lowest BCUT2D eigenvalue weighted by Gasteiger charge is -2.22. The Labute approximate surface area is 131 Å². The number of rotatable bonds is 7. The van der Waals surface area contributed by atoms with E-state index in [9.17, 15) is 14.4 Å². The Bertz CT molecular complexity index is 399. The van der Waals surface area contributed by atoms with Crippen molar-refractivity contribution in [2.45, 2.75) is 72.1 Å². The topological polar surface area (TPSA) is 102 Å². The molecule has 2 atom stereocenters. The highest BCUT2D eigenvalue weighted by Gasteiger charge is 2.25. The van der Waals surface area contributed by atoms with Crippen molar-refractivity contribution in [3.8, 4) is 0 Å². The minimum atomic E-state index is -1.17. The van der Waals surface area contributed by atoms with Crippen molar-refractivity contribution in [2.24, 2.45) is 5.92 Å². The molecule has 128 valence electrons. The van der Waals surface area contributed by atoms with E-state index in [0.29, 0.717) is 0 Å². The first kappa shape index (κ1) is 20.2. The van der Waals surface area contributed by atoms with Gasteiger partial charge in [-0.05, 0) is 40.0 Å². The first-order chi connectivity index (χ1) is 9.90. The van der Waals surface area contributed by atoms with E-state index >= 15 is 0 Å². The molecule has 0 aliphatic rings. The molecule has 2 N–H and O–H groups in total. The number of alkyl carbamates (subject to hydrolysis) is 1. The number of carboxylic acids is 1. The third kappa shape index (κ3) is 10.0. The summed E-state index contributed by atoms with van der Waals surface area (Å²) in [5.41, 5.74) is -0.629. The number of carboxylic acid groups (broad SMARTS) is 1. The Balaban J connectivity index is 4.34. The molecule has 0 fully saturated rings. The number of ether oxygens (including phenoxy) is 2. The van der Waals surface area contributed by atoms with Crippen molar-refractivity contribution < 1.29 is 29.0 Å². The van der Waals surface area contributed by atoms with Crippen LogP contribution in [0, 0.1) is 5.92 Å². The molecular weight excluding hydrogens is 290 g/mol. The lowest BCUT2D eigenvalue weighted by atomic mass is 10.1. The molecule has 0 radical (unpaired) electrons. The van der Waals surface area contributed by atoms with Crippen LogP contribution < -0.4 is 5.32 Å². The van der Waals surface area contributed by atoms with E-state index < -0.39 is 35.8 Å². The SMILES string of the molecule is CC(C)CC(OC(=O)C[C@@H](C)NC(=O)OC(C)(C)C)C(=O)O. The van der Waals surface area contributed by atoms with Gasteiger partial charge < -0.3 is 19.9 Å². The zero-order valence-electron chi connectivity index (χ0n) is 14.1. The first-order valence-corrected chi connectivity index (χ1v) is 7.32. The molecule has 0 aromatic heterocycles. The van der Waals surface area contributed by atoms with Gasteiger partial charge in [0.15, 0.2) is 6.10 Å². The molecule has 0 aromatic carbocycles. The zero-order chi connectivity index (χ0) is 17.5. The summed E-state index contributed by atoms with van der Waals surface area (Å²) >= 11 is 0. The minimum Gasteiger partial charge on any atom is -0.479 e. The van der Waals surface area contributed by atoms with E-state index in [4.69, 9.17) is 14.6 Å². The number of hydrogen-bond donors (Lipinski definition) is 2. The van der Waals surface area contributed by atoms with Gasteiger partial charge in [0, 0.05) is 6.04 Å². The highest BCUT2D eigenvalue weighted by atomic mass is 16.6. The Hall–Kier alpha value is -1.79. The van der Waals surface area contributed by atoms with Gasteiger partial charge in [0.05, 0.1) is 6.42 Å². The standard InChI is InChI=1S/C15H27NO6/c1-9(2)7-11(13(18)19)21-12(17)8-10(3)16-14(20)22-15(4,5)6/h9-11H,7-8H2,1-6H3,(H,16,20)(H,18,19)/t10-,11?/m1/s1. The largest absolute Gasteiger partial charge is 0.479 e. The van der Waals surface area contributed by atoms with Gasteiger partial charge in [0.2, 0.25) is 0 Å². The van der Waals surface area contributed by atoms with Crippen LogP contribution in [0.15, 0.2) is 0 Å². The van der Waals surface area contributed by atoms with Crippen molar-refractivity contribution in [1.82, 2.24) is 5.32 Å². The quantitative estimate of drug-likeness (QED) is 0.699. The summed E-state index contributed by atoms with van der Waals surface area (Å²) in [7, 11) is 0. The van der Waals surface area contributed by atoms with E-state index in [2.05, 4.69) is 5.32 Å². The average Bonchev–Trinajstić information content (AvgIpc) is 2.23. The number of amides is 1. The molecule has 0 rings (SSSR count). The Morgan fingerprint density at radius 3 is 2.09 bits per heavy atom. The Morgan fingerprint density at radius 2 is 1.68 bits per heavy atom. The minimum absolute atomic E-state index is 0.0891. The summed E-state index contributed by atoms with van der Waals surface area (Å²) in [6.45, 7) is 10.5. The first-order valence-electron chi connectivity index (χ1n) is 7.32. The molecule has 1 amide bonds. The molecule has 0 bridgehead atoms. The fourth-order valence-corrected chi connectivity index (χ4v) is 1.64. The molecule has 1 unspecified atom stereocenters. The second kappa shape index (κ2) is 8.60. The lowest BCUT2D eigenvalue weighted by molar-refractivity contribution is -0.165. The van der Waals surface area contributed by atoms with Gasteiger partial charge in [-0.2, -0.15) is 0 Å². The second-order valence-electron chi connectivity index (χ2n) is 6.70. The number of esters is 1. The number of carbonyl (C=O) groups is 3. The number of nitrogens with one attached hydrogen (secondary N) is 1. The predicted octanol–water partition coefficient (Wildman–Crippen LogP) is 2.33. The molecule has 0 saturated carbocycles. The fraction of sp³-hybridized carbons (Fsp3) is 0.800. The predicted molar refractivity (Wildman–Crippen MR) is 80.4 cm³/mol. The van der Waals surface area contributed by atoms with Gasteiger partial charge in [0.25, 0.3) is 0 Å². The normalized spacial score (nSPS) is 14.1. The van der Waals surface area contributed by atoms with Crippen LogP contribution in [0.5, 0.6) is 0 Å². The second-order valence-corrected chi connectivity index (χ2v) is 6.70. The van der Waals surface area contributed by atoms with Crippen LogP contribution in [0.1, 0.15) is 54.4 Å². The van der Waals surface area contributed by atoms with E-state index in [1.54, 1.807) is 27.7 Å². The van der Waals surface area contributed by atoms with Crippen LogP contribution in [0.25, 0.3) is 0 Å². The highest BCUT2D eigenvalue weighted by molar-refractivity contribution is 5.78. The van der Waals surface area contributed by atoms with Crippen molar-refractivity contribution in [2.75, 3.05) is 0 Å². The van der Waals surface area contributed by atoms with Crippen molar-refractivity contribution in [1.29, 1.82) is 0 Å². The molecule has 0 aliphatic heterocycles. The number of carbonyl (C=O) groups excluding carboxylic acids is 2. The number of aliphatic carboxylic acids is 1. The molecule has 0 spiro atoms. The molecule has 0 heterocycles. The Kier molecular flexibility index (Phi) is 7.90. The fourth-order valence-electron chi connectivity index (χ4n) is 1.64. The molecule has 7 nitrogen and oxygen atoms in total. The molecule has 7 heteroatoms.